The van der Waals surface area contributed by atoms with Crippen LogP contribution in [0.15, 0.2) is 6.33 Å². The molecule has 2 aliphatic rings. The topological polar surface area (TPSA) is 73.8 Å². The Morgan fingerprint density at radius 2 is 1.94 bits per heavy atom. The number of amides is 1. The van der Waals surface area contributed by atoms with E-state index in [0.29, 0.717) is 5.92 Å². The van der Waals surface area contributed by atoms with Crippen LogP contribution in [0.5, 0.6) is 5.88 Å². The van der Waals surface area contributed by atoms with Crippen molar-refractivity contribution in [3.63, 3.8) is 0 Å². The minimum Gasteiger partial charge on any atom is -0.474 e. The first-order chi connectivity index (χ1) is 15.8. The summed E-state index contributed by atoms with van der Waals surface area (Å²) < 4.78 is 17.6. The number of aromatic nitrogens is 2. The van der Waals surface area contributed by atoms with E-state index in [2.05, 4.69) is 9.97 Å². The first kappa shape index (κ1) is 24.2. The van der Waals surface area contributed by atoms with E-state index in [9.17, 15) is 4.79 Å². The molecule has 182 valence electrons. The highest BCUT2D eigenvalue weighted by molar-refractivity contribution is 7.19. The van der Waals surface area contributed by atoms with Crippen molar-refractivity contribution in [2.75, 3.05) is 20.3 Å². The van der Waals surface area contributed by atoms with Crippen LogP contribution in [-0.2, 0) is 15.9 Å². The van der Waals surface area contributed by atoms with Crippen molar-refractivity contribution < 1.29 is 19.0 Å². The van der Waals surface area contributed by atoms with Gasteiger partial charge in [-0.15, -0.1) is 11.3 Å². The van der Waals surface area contributed by atoms with Crippen molar-refractivity contribution in [2.24, 2.45) is 0 Å². The van der Waals surface area contributed by atoms with E-state index < -0.39 is 5.60 Å². The average Bonchev–Trinajstić information content (AvgIpc) is 3.33. The summed E-state index contributed by atoms with van der Waals surface area (Å²) in [6, 6.07) is 0.179. The van der Waals surface area contributed by atoms with Gasteiger partial charge in [0.1, 0.15) is 22.9 Å². The van der Waals surface area contributed by atoms with Gasteiger partial charge >= 0.3 is 6.09 Å². The van der Waals surface area contributed by atoms with E-state index in [-0.39, 0.29) is 18.2 Å². The number of aryl methyl sites for hydroxylation is 1. The molecule has 8 heteroatoms. The smallest absolute Gasteiger partial charge is 0.410 e. The van der Waals surface area contributed by atoms with Crippen molar-refractivity contribution in [1.29, 1.82) is 0 Å². The first-order valence-electron chi connectivity index (χ1n) is 12.2. The summed E-state index contributed by atoms with van der Waals surface area (Å²) in [5.74, 6) is 1.22. The van der Waals surface area contributed by atoms with Crippen molar-refractivity contribution in [3.8, 4) is 5.88 Å². The molecule has 4 rings (SSSR count). The average molecular weight is 476 g/mol. The highest BCUT2D eigenvalue weighted by Crippen LogP contribution is 2.47. The fraction of sp³-hybridized carbons (Fsp3) is 0.720. The normalized spacial score (nSPS) is 22.9. The summed E-state index contributed by atoms with van der Waals surface area (Å²) >= 11 is 1.79. The van der Waals surface area contributed by atoms with Crippen LogP contribution < -0.4 is 4.74 Å². The minimum absolute atomic E-state index is 0.102. The molecule has 2 aromatic heterocycles. The van der Waals surface area contributed by atoms with Gasteiger partial charge in [-0.1, -0.05) is 0 Å². The molecule has 2 aromatic rings. The summed E-state index contributed by atoms with van der Waals surface area (Å²) in [4.78, 5) is 25.8. The second kappa shape index (κ2) is 10.1. The lowest BCUT2D eigenvalue weighted by molar-refractivity contribution is 0.0138. The van der Waals surface area contributed by atoms with Gasteiger partial charge in [-0.05, 0) is 84.1 Å². The van der Waals surface area contributed by atoms with Gasteiger partial charge in [-0.2, -0.15) is 0 Å². The highest BCUT2D eigenvalue weighted by atomic mass is 32.1. The lowest BCUT2D eigenvalue weighted by Gasteiger charge is -2.35. The number of ether oxygens (including phenoxy) is 3. The molecular weight excluding hydrogens is 438 g/mol. The maximum Gasteiger partial charge on any atom is 0.410 e. The summed E-state index contributed by atoms with van der Waals surface area (Å²) in [5, 5.41) is 1.12. The Balaban J connectivity index is 1.42. The maximum absolute atomic E-state index is 12.4. The Kier molecular flexibility index (Phi) is 7.43. The third kappa shape index (κ3) is 5.60. The fourth-order valence-electron chi connectivity index (χ4n) is 4.98. The van der Waals surface area contributed by atoms with Gasteiger partial charge in [0.2, 0.25) is 5.88 Å². The number of hydrogen-bond acceptors (Lipinski definition) is 7. The Labute approximate surface area is 200 Å². The summed E-state index contributed by atoms with van der Waals surface area (Å²) in [5.41, 5.74) is 0.911. The first-order valence-corrected chi connectivity index (χ1v) is 13.0. The number of hydrogen-bond donors (Lipinski definition) is 0. The number of carbonyl (C=O) groups is 1. The second-order valence-corrected chi connectivity index (χ2v) is 11.2. The van der Waals surface area contributed by atoms with Gasteiger partial charge < -0.3 is 19.1 Å². The molecule has 0 saturated heterocycles. The SMILES string of the molecule is CCOCCC1CCc2sc3ncnc(OC4CCC(N(C)C(=O)OC(C)(C)C)CC4)c3c21. The van der Waals surface area contributed by atoms with E-state index >= 15 is 0 Å². The Hall–Kier alpha value is -1.93. The number of fused-ring (bicyclic) bond motifs is 3. The lowest BCUT2D eigenvalue weighted by atomic mass is 9.92. The molecule has 33 heavy (non-hydrogen) atoms. The minimum atomic E-state index is -0.481. The number of nitrogens with zero attached hydrogens (tertiary/aromatic N) is 3. The maximum atomic E-state index is 12.4. The van der Waals surface area contributed by atoms with Gasteiger partial charge in [-0.3, -0.25) is 0 Å². The number of thiophene rings is 1. The monoisotopic (exact) mass is 475 g/mol. The van der Waals surface area contributed by atoms with E-state index in [1.165, 1.54) is 16.9 Å². The lowest BCUT2D eigenvalue weighted by Crippen LogP contribution is -2.43. The van der Waals surface area contributed by atoms with Gasteiger partial charge in [0.25, 0.3) is 0 Å². The van der Waals surface area contributed by atoms with Gasteiger partial charge in [0.15, 0.2) is 0 Å². The van der Waals surface area contributed by atoms with E-state index in [4.69, 9.17) is 14.2 Å². The summed E-state index contributed by atoms with van der Waals surface area (Å²) in [6.45, 7) is 9.28. The van der Waals surface area contributed by atoms with Crippen molar-refractivity contribution in [2.45, 2.75) is 96.3 Å². The van der Waals surface area contributed by atoms with Crippen molar-refractivity contribution in [1.82, 2.24) is 14.9 Å². The quantitative estimate of drug-likeness (QED) is 0.478. The third-order valence-corrected chi connectivity index (χ3v) is 7.83. The molecular formula is C25H37N3O4S. The summed E-state index contributed by atoms with van der Waals surface area (Å²) in [7, 11) is 1.84. The molecule has 0 N–H and O–H groups in total. The highest BCUT2D eigenvalue weighted by Gasteiger charge is 2.33. The molecule has 0 radical (unpaired) electrons. The zero-order valence-corrected chi connectivity index (χ0v) is 21.4. The van der Waals surface area contributed by atoms with E-state index in [1.54, 1.807) is 22.6 Å². The molecule has 1 fully saturated rings. The molecule has 1 saturated carbocycles. The van der Waals surface area contributed by atoms with Crippen molar-refractivity contribution in [3.05, 3.63) is 16.8 Å². The second-order valence-electron chi connectivity index (χ2n) is 10.2. The molecule has 1 atom stereocenters. The van der Waals surface area contributed by atoms with Gasteiger partial charge in [0, 0.05) is 31.2 Å². The summed E-state index contributed by atoms with van der Waals surface area (Å²) in [6.07, 6.45) is 8.35. The zero-order chi connectivity index (χ0) is 23.6. The largest absolute Gasteiger partial charge is 0.474 e. The van der Waals surface area contributed by atoms with E-state index in [1.807, 2.05) is 34.7 Å². The molecule has 0 bridgehead atoms. The van der Waals surface area contributed by atoms with Crippen LogP contribution in [0, 0.1) is 0 Å². The number of carbonyl (C=O) groups excluding carboxylic acids is 1. The molecule has 1 amide bonds. The van der Waals surface area contributed by atoms with Crippen molar-refractivity contribution >= 4 is 27.6 Å². The Morgan fingerprint density at radius 3 is 2.64 bits per heavy atom. The van der Waals surface area contributed by atoms with Crippen LogP contribution in [-0.4, -0.2) is 59.0 Å². The molecule has 2 aliphatic carbocycles. The molecule has 0 spiro atoms. The third-order valence-electron chi connectivity index (χ3n) is 6.66. The number of rotatable bonds is 7. The molecule has 2 heterocycles. The predicted octanol–water partition coefficient (Wildman–Crippen LogP) is 5.70. The van der Waals surface area contributed by atoms with Gasteiger partial charge in [0.05, 0.1) is 5.39 Å². The molecule has 7 nitrogen and oxygen atoms in total. The molecule has 0 aliphatic heterocycles. The van der Waals surface area contributed by atoms with Crippen LogP contribution in [0.1, 0.15) is 82.6 Å². The zero-order valence-electron chi connectivity index (χ0n) is 20.6. The van der Waals surface area contributed by atoms with Crippen LogP contribution in [0.2, 0.25) is 0 Å². The van der Waals surface area contributed by atoms with Gasteiger partial charge in [-0.25, -0.2) is 14.8 Å². The van der Waals surface area contributed by atoms with Crippen LogP contribution in [0.3, 0.4) is 0 Å². The standard InChI is InChI=1S/C25H37N3O4S/c1-6-30-14-13-16-7-12-19-20(16)21-22(26-15-27-23(21)33-19)31-18-10-8-17(9-11-18)28(5)24(29)32-25(2,3)4/h15-18H,6-14H2,1-5H3. The molecule has 0 aromatic carbocycles. The fourth-order valence-corrected chi connectivity index (χ4v) is 6.21. The Bertz CT molecular complexity index is 962. The van der Waals surface area contributed by atoms with Crippen LogP contribution in [0.4, 0.5) is 4.79 Å². The van der Waals surface area contributed by atoms with E-state index in [0.717, 1.165) is 67.8 Å². The molecule has 1 unspecified atom stereocenters. The van der Waals surface area contributed by atoms with Crippen LogP contribution >= 0.6 is 11.3 Å². The van der Waals surface area contributed by atoms with Crippen LogP contribution in [0.25, 0.3) is 10.2 Å². The Morgan fingerprint density at radius 1 is 1.18 bits per heavy atom. The predicted molar refractivity (Wildman–Crippen MR) is 130 cm³/mol.